The Balaban J connectivity index is 1.88. The summed E-state index contributed by atoms with van der Waals surface area (Å²) in [5.41, 5.74) is 6.65. The number of nitrogens with zero attached hydrogens (tertiary/aromatic N) is 2. The van der Waals surface area contributed by atoms with Gasteiger partial charge in [-0.15, -0.1) is 0 Å². The van der Waals surface area contributed by atoms with Gasteiger partial charge in [0.15, 0.2) is 0 Å². The molecule has 19 heavy (non-hydrogen) atoms. The fourth-order valence-electron chi connectivity index (χ4n) is 2.71. The Bertz CT molecular complexity index is 413. The Kier molecular flexibility index (Phi) is 4.53. The minimum absolute atomic E-state index is 0.0862. The standard InChI is InChI=1S/C15H23N3O/c1-18(12-8-13-7-3-6-11-17-13)14(19)15(16)9-4-2-5-10-15/h3,6-7,11H,2,4-5,8-10,12,16H2,1H3. The van der Waals surface area contributed by atoms with Gasteiger partial charge in [0.25, 0.3) is 0 Å². The smallest absolute Gasteiger partial charge is 0.242 e. The highest BCUT2D eigenvalue weighted by atomic mass is 16.2. The van der Waals surface area contributed by atoms with Crippen LogP contribution in [0.5, 0.6) is 0 Å². The highest BCUT2D eigenvalue weighted by Gasteiger charge is 2.37. The number of carbonyl (C=O) groups is 1. The molecule has 1 aliphatic rings. The zero-order valence-electron chi connectivity index (χ0n) is 11.6. The van der Waals surface area contributed by atoms with Gasteiger partial charge in [0, 0.05) is 31.9 Å². The third-order valence-corrected chi connectivity index (χ3v) is 3.95. The minimum Gasteiger partial charge on any atom is -0.344 e. The Morgan fingerprint density at radius 1 is 1.37 bits per heavy atom. The maximum Gasteiger partial charge on any atom is 0.242 e. The number of carbonyl (C=O) groups excluding carboxylic acids is 1. The van der Waals surface area contributed by atoms with Gasteiger partial charge in [0.2, 0.25) is 5.91 Å². The second-order valence-corrected chi connectivity index (χ2v) is 5.51. The summed E-state index contributed by atoms with van der Waals surface area (Å²) in [5.74, 6) is 0.0862. The maximum absolute atomic E-state index is 12.4. The van der Waals surface area contributed by atoms with Gasteiger partial charge < -0.3 is 10.6 Å². The topological polar surface area (TPSA) is 59.2 Å². The first kappa shape index (κ1) is 14.0. The number of rotatable bonds is 4. The Morgan fingerprint density at radius 2 is 2.11 bits per heavy atom. The van der Waals surface area contributed by atoms with E-state index in [9.17, 15) is 4.79 Å². The summed E-state index contributed by atoms with van der Waals surface area (Å²) < 4.78 is 0. The van der Waals surface area contributed by atoms with Crippen LogP contribution in [0.25, 0.3) is 0 Å². The highest BCUT2D eigenvalue weighted by molar-refractivity contribution is 5.86. The van der Waals surface area contributed by atoms with Crippen LogP contribution >= 0.6 is 0 Å². The average Bonchev–Trinajstić information content (AvgIpc) is 2.46. The Morgan fingerprint density at radius 3 is 2.74 bits per heavy atom. The summed E-state index contributed by atoms with van der Waals surface area (Å²) in [6.07, 6.45) is 7.53. The lowest BCUT2D eigenvalue weighted by Gasteiger charge is -2.35. The number of amides is 1. The van der Waals surface area contributed by atoms with E-state index in [1.807, 2.05) is 25.2 Å². The molecule has 0 aromatic carbocycles. The zero-order valence-corrected chi connectivity index (χ0v) is 11.6. The Labute approximate surface area is 115 Å². The summed E-state index contributed by atoms with van der Waals surface area (Å²) in [6.45, 7) is 0.675. The van der Waals surface area contributed by atoms with Gasteiger partial charge in [-0.05, 0) is 25.0 Å². The van der Waals surface area contributed by atoms with E-state index >= 15 is 0 Å². The summed E-state index contributed by atoms with van der Waals surface area (Å²) >= 11 is 0. The third kappa shape index (κ3) is 3.53. The van der Waals surface area contributed by atoms with Crippen molar-refractivity contribution in [3.05, 3.63) is 30.1 Å². The van der Waals surface area contributed by atoms with Crippen LogP contribution in [0, 0.1) is 0 Å². The van der Waals surface area contributed by atoms with Gasteiger partial charge in [-0.2, -0.15) is 0 Å². The molecule has 1 aromatic rings. The largest absolute Gasteiger partial charge is 0.344 e. The molecule has 0 atom stereocenters. The second-order valence-electron chi connectivity index (χ2n) is 5.51. The number of aromatic nitrogens is 1. The number of nitrogens with two attached hydrogens (primary N) is 1. The van der Waals surface area contributed by atoms with Crippen molar-refractivity contribution in [1.29, 1.82) is 0 Å². The lowest BCUT2D eigenvalue weighted by Crippen LogP contribution is -2.55. The van der Waals surface area contributed by atoms with Crippen LogP contribution in [-0.2, 0) is 11.2 Å². The van der Waals surface area contributed by atoms with Crippen LogP contribution in [0.2, 0.25) is 0 Å². The van der Waals surface area contributed by atoms with E-state index in [1.54, 1.807) is 11.1 Å². The molecule has 104 valence electrons. The van der Waals surface area contributed by atoms with Gasteiger partial charge in [0.1, 0.15) is 0 Å². The fraction of sp³-hybridized carbons (Fsp3) is 0.600. The Hall–Kier alpha value is -1.42. The molecule has 0 saturated heterocycles. The summed E-state index contributed by atoms with van der Waals surface area (Å²) in [6, 6.07) is 5.85. The van der Waals surface area contributed by atoms with E-state index < -0.39 is 5.54 Å². The van der Waals surface area contributed by atoms with Gasteiger partial charge in [-0.1, -0.05) is 25.3 Å². The monoisotopic (exact) mass is 261 g/mol. The van der Waals surface area contributed by atoms with E-state index in [-0.39, 0.29) is 5.91 Å². The molecule has 2 N–H and O–H groups in total. The van der Waals surface area contributed by atoms with Crippen molar-refractivity contribution in [3.63, 3.8) is 0 Å². The molecule has 4 nitrogen and oxygen atoms in total. The van der Waals surface area contributed by atoms with Crippen LogP contribution in [0.3, 0.4) is 0 Å². The van der Waals surface area contributed by atoms with Gasteiger partial charge in [-0.25, -0.2) is 0 Å². The molecule has 0 aliphatic heterocycles. The zero-order chi connectivity index (χ0) is 13.7. The molecule has 0 radical (unpaired) electrons. The molecule has 1 fully saturated rings. The third-order valence-electron chi connectivity index (χ3n) is 3.95. The van der Waals surface area contributed by atoms with Crippen LogP contribution in [0.1, 0.15) is 37.8 Å². The molecule has 4 heteroatoms. The predicted octanol–water partition coefficient (Wildman–Crippen LogP) is 1.74. The lowest BCUT2D eigenvalue weighted by molar-refractivity contribution is -0.136. The molecule has 1 saturated carbocycles. The summed E-state index contributed by atoms with van der Waals surface area (Å²) in [7, 11) is 1.84. The number of pyridine rings is 1. The van der Waals surface area contributed by atoms with Gasteiger partial charge in [-0.3, -0.25) is 9.78 Å². The molecule has 0 unspecified atom stereocenters. The van der Waals surface area contributed by atoms with E-state index in [1.165, 1.54) is 6.42 Å². The van der Waals surface area contributed by atoms with E-state index in [0.29, 0.717) is 6.54 Å². The van der Waals surface area contributed by atoms with Crippen molar-refractivity contribution < 1.29 is 4.79 Å². The van der Waals surface area contributed by atoms with Crippen molar-refractivity contribution in [3.8, 4) is 0 Å². The lowest BCUT2D eigenvalue weighted by atomic mass is 9.81. The normalized spacial score (nSPS) is 18.0. The van der Waals surface area contributed by atoms with Crippen molar-refractivity contribution >= 4 is 5.91 Å². The highest BCUT2D eigenvalue weighted by Crippen LogP contribution is 2.27. The van der Waals surface area contributed by atoms with Crippen molar-refractivity contribution in [2.45, 2.75) is 44.1 Å². The van der Waals surface area contributed by atoms with E-state index in [4.69, 9.17) is 5.73 Å². The molecule has 1 heterocycles. The number of hydrogen-bond donors (Lipinski definition) is 1. The minimum atomic E-state index is -0.628. The fourth-order valence-corrected chi connectivity index (χ4v) is 2.71. The molecule has 2 rings (SSSR count). The van der Waals surface area contributed by atoms with E-state index in [2.05, 4.69) is 4.98 Å². The summed E-state index contributed by atoms with van der Waals surface area (Å²) in [4.78, 5) is 18.5. The molecule has 1 aromatic heterocycles. The number of likely N-dealkylation sites (N-methyl/N-ethyl adjacent to an activating group) is 1. The summed E-state index contributed by atoms with van der Waals surface area (Å²) in [5, 5.41) is 0. The molecule has 1 aliphatic carbocycles. The van der Waals surface area contributed by atoms with E-state index in [0.717, 1.165) is 37.8 Å². The van der Waals surface area contributed by atoms with Crippen LogP contribution < -0.4 is 5.73 Å². The first-order valence-electron chi connectivity index (χ1n) is 7.06. The van der Waals surface area contributed by atoms with Crippen molar-refractivity contribution in [2.75, 3.05) is 13.6 Å². The van der Waals surface area contributed by atoms with Crippen LogP contribution in [-0.4, -0.2) is 34.9 Å². The average molecular weight is 261 g/mol. The molecular weight excluding hydrogens is 238 g/mol. The maximum atomic E-state index is 12.4. The van der Waals surface area contributed by atoms with Gasteiger partial charge in [0.05, 0.1) is 5.54 Å². The first-order valence-corrected chi connectivity index (χ1v) is 7.06. The second kappa shape index (κ2) is 6.15. The SMILES string of the molecule is CN(CCc1ccccn1)C(=O)C1(N)CCCCC1. The van der Waals surface area contributed by atoms with Crippen LogP contribution in [0.15, 0.2) is 24.4 Å². The van der Waals surface area contributed by atoms with Crippen molar-refractivity contribution in [1.82, 2.24) is 9.88 Å². The first-order chi connectivity index (χ1) is 9.12. The predicted molar refractivity (Wildman–Crippen MR) is 75.6 cm³/mol. The molecular formula is C15H23N3O. The molecule has 0 bridgehead atoms. The molecule has 1 amide bonds. The van der Waals surface area contributed by atoms with Gasteiger partial charge >= 0.3 is 0 Å². The number of hydrogen-bond acceptors (Lipinski definition) is 3. The van der Waals surface area contributed by atoms with Crippen LogP contribution in [0.4, 0.5) is 0 Å². The quantitative estimate of drug-likeness (QED) is 0.898. The molecule has 0 spiro atoms. The van der Waals surface area contributed by atoms with Crippen molar-refractivity contribution in [2.24, 2.45) is 5.73 Å².